The van der Waals surface area contributed by atoms with Crippen LogP contribution in [0, 0.1) is 0 Å². The van der Waals surface area contributed by atoms with E-state index in [4.69, 9.17) is 5.11 Å². The minimum atomic E-state index is -0.769. The fourth-order valence-corrected chi connectivity index (χ4v) is 2.79. The zero-order chi connectivity index (χ0) is 10.7. The van der Waals surface area contributed by atoms with Gasteiger partial charge in [0.05, 0.1) is 6.42 Å². The van der Waals surface area contributed by atoms with E-state index in [0.717, 1.165) is 10.8 Å². The molecule has 0 atom stereocenters. The van der Waals surface area contributed by atoms with Gasteiger partial charge < -0.3 is 5.11 Å². The lowest BCUT2D eigenvalue weighted by molar-refractivity contribution is -0.136. The number of hydrogen-bond acceptors (Lipinski definition) is 2. The summed E-state index contributed by atoms with van der Waals surface area (Å²) in [4.78, 5) is 11.7. The van der Waals surface area contributed by atoms with Crippen molar-refractivity contribution in [2.45, 2.75) is 35.8 Å². The number of aliphatic carboxylic acids is 1. The van der Waals surface area contributed by atoms with Crippen molar-refractivity contribution >= 4 is 17.7 Å². The summed E-state index contributed by atoms with van der Waals surface area (Å²) in [6.07, 6.45) is 4.12. The fourth-order valence-electron chi connectivity index (χ4n) is 1.54. The topological polar surface area (TPSA) is 37.3 Å². The Morgan fingerprint density at radius 2 is 2.00 bits per heavy atom. The first kappa shape index (κ1) is 10.6. The van der Waals surface area contributed by atoms with Crippen LogP contribution in [-0.4, -0.2) is 16.3 Å². The van der Waals surface area contributed by atoms with Crippen molar-refractivity contribution in [3.63, 3.8) is 0 Å². The molecule has 1 fully saturated rings. The number of carboxylic acid groups (broad SMARTS) is 1. The van der Waals surface area contributed by atoms with Crippen LogP contribution in [0.5, 0.6) is 0 Å². The van der Waals surface area contributed by atoms with Crippen LogP contribution in [0.15, 0.2) is 29.2 Å². The standard InChI is InChI=1S/C12H14O2S/c13-12(14)8-9-4-6-11(7-5-9)15-10-2-1-3-10/h4-7,10H,1-3,8H2,(H,13,14). The predicted octanol–water partition coefficient (Wildman–Crippen LogP) is 2.96. The summed E-state index contributed by atoms with van der Waals surface area (Å²) in [5.74, 6) is -0.769. The van der Waals surface area contributed by atoms with Gasteiger partial charge in [-0.15, -0.1) is 11.8 Å². The van der Waals surface area contributed by atoms with Crippen LogP contribution in [0.4, 0.5) is 0 Å². The molecule has 15 heavy (non-hydrogen) atoms. The Bertz CT molecular complexity index is 341. The molecule has 0 radical (unpaired) electrons. The van der Waals surface area contributed by atoms with Gasteiger partial charge >= 0.3 is 5.97 Å². The molecule has 0 saturated heterocycles. The molecule has 2 rings (SSSR count). The molecule has 1 N–H and O–H groups in total. The van der Waals surface area contributed by atoms with Gasteiger partial charge in [0.2, 0.25) is 0 Å². The third-order valence-corrected chi connectivity index (χ3v) is 3.98. The molecular formula is C12H14O2S. The van der Waals surface area contributed by atoms with E-state index in [0.29, 0.717) is 0 Å². The summed E-state index contributed by atoms with van der Waals surface area (Å²) in [7, 11) is 0. The summed E-state index contributed by atoms with van der Waals surface area (Å²) >= 11 is 1.91. The molecule has 0 unspecified atom stereocenters. The van der Waals surface area contributed by atoms with Crippen LogP contribution < -0.4 is 0 Å². The highest BCUT2D eigenvalue weighted by Gasteiger charge is 2.18. The lowest BCUT2D eigenvalue weighted by Crippen LogP contribution is -2.12. The molecule has 0 amide bonds. The Morgan fingerprint density at radius 3 is 2.47 bits per heavy atom. The van der Waals surface area contributed by atoms with Gasteiger partial charge in [-0.1, -0.05) is 18.6 Å². The number of rotatable bonds is 4. The highest BCUT2D eigenvalue weighted by Crippen LogP contribution is 2.36. The Morgan fingerprint density at radius 1 is 1.33 bits per heavy atom. The molecule has 0 bridgehead atoms. The Balaban J connectivity index is 1.93. The smallest absolute Gasteiger partial charge is 0.307 e. The molecule has 2 nitrogen and oxygen atoms in total. The van der Waals surface area contributed by atoms with Gasteiger partial charge in [0.1, 0.15) is 0 Å². The number of carboxylic acids is 1. The lowest BCUT2D eigenvalue weighted by atomic mass is 10.00. The average molecular weight is 222 g/mol. The van der Waals surface area contributed by atoms with Gasteiger partial charge in [-0.2, -0.15) is 0 Å². The maximum Gasteiger partial charge on any atom is 0.307 e. The first-order valence-corrected chi connectivity index (χ1v) is 6.09. The molecule has 1 aliphatic carbocycles. The molecule has 1 aromatic rings. The van der Waals surface area contributed by atoms with Crippen molar-refractivity contribution in [1.82, 2.24) is 0 Å². The maximum atomic E-state index is 10.5. The highest BCUT2D eigenvalue weighted by atomic mass is 32.2. The van der Waals surface area contributed by atoms with E-state index in [-0.39, 0.29) is 6.42 Å². The van der Waals surface area contributed by atoms with Crippen LogP contribution in [0.2, 0.25) is 0 Å². The number of carbonyl (C=O) groups is 1. The van der Waals surface area contributed by atoms with Gasteiger partial charge in [0, 0.05) is 10.1 Å². The van der Waals surface area contributed by atoms with E-state index in [1.165, 1.54) is 24.2 Å². The van der Waals surface area contributed by atoms with E-state index in [1.54, 1.807) is 0 Å². The molecule has 80 valence electrons. The predicted molar refractivity (Wildman–Crippen MR) is 61.3 cm³/mol. The monoisotopic (exact) mass is 222 g/mol. The molecule has 0 aromatic heterocycles. The SMILES string of the molecule is O=C(O)Cc1ccc(SC2CCC2)cc1. The van der Waals surface area contributed by atoms with Gasteiger partial charge in [0.25, 0.3) is 0 Å². The van der Waals surface area contributed by atoms with E-state index in [2.05, 4.69) is 0 Å². The number of benzene rings is 1. The highest BCUT2D eigenvalue weighted by molar-refractivity contribution is 8.00. The normalized spacial score (nSPS) is 16.0. The zero-order valence-electron chi connectivity index (χ0n) is 8.48. The minimum absolute atomic E-state index is 0.119. The summed E-state index contributed by atoms with van der Waals surface area (Å²) in [5, 5.41) is 9.41. The second-order valence-corrected chi connectivity index (χ2v) is 5.26. The van der Waals surface area contributed by atoms with Crippen molar-refractivity contribution in [3.8, 4) is 0 Å². The largest absolute Gasteiger partial charge is 0.481 e. The third-order valence-electron chi connectivity index (χ3n) is 2.63. The molecule has 1 saturated carbocycles. The summed E-state index contributed by atoms with van der Waals surface area (Å²) in [6, 6.07) is 7.88. The Hall–Kier alpha value is -0.960. The van der Waals surface area contributed by atoms with Gasteiger partial charge in [0.15, 0.2) is 0 Å². The van der Waals surface area contributed by atoms with Gasteiger partial charge in [-0.3, -0.25) is 4.79 Å². The molecule has 0 spiro atoms. The Labute approximate surface area is 93.7 Å². The van der Waals surface area contributed by atoms with Gasteiger partial charge in [-0.25, -0.2) is 0 Å². The molecule has 0 aliphatic heterocycles. The minimum Gasteiger partial charge on any atom is -0.481 e. The van der Waals surface area contributed by atoms with Crippen LogP contribution >= 0.6 is 11.8 Å². The number of hydrogen-bond donors (Lipinski definition) is 1. The lowest BCUT2D eigenvalue weighted by Gasteiger charge is -2.24. The van der Waals surface area contributed by atoms with E-state index < -0.39 is 5.97 Å². The number of thioether (sulfide) groups is 1. The Kier molecular flexibility index (Phi) is 3.31. The van der Waals surface area contributed by atoms with Crippen LogP contribution in [0.25, 0.3) is 0 Å². The fraction of sp³-hybridized carbons (Fsp3) is 0.417. The van der Waals surface area contributed by atoms with E-state index in [1.807, 2.05) is 36.0 Å². The maximum absolute atomic E-state index is 10.5. The first-order valence-electron chi connectivity index (χ1n) is 5.21. The van der Waals surface area contributed by atoms with Crippen molar-refractivity contribution in [3.05, 3.63) is 29.8 Å². The van der Waals surface area contributed by atoms with E-state index in [9.17, 15) is 4.79 Å². The molecule has 1 aliphatic rings. The molecule has 0 heterocycles. The van der Waals surface area contributed by atoms with Crippen LogP contribution in [0.3, 0.4) is 0 Å². The third kappa shape index (κ3) is 2.99. The summed E-state index contributed by atoms with van der Waals surface area (Å²) in [5.41, 5.74) is 0.875. The van der Waals surface area contributed by atoms with Crippen LogP contribution in [-0.2, 0) is 11.2 Å². The van der Waals surface area contributed by atoms with Crippen molar-refractivity contribution in [2.24, 2.45) is 0 Å². The van der Waals surface area contributed by atoms with Crippen LogP contribution in [0.1, 0.15) is 24.8 Å². The molecular weight excluding hydrogens is 208 g/mol. The second kappa shape index (κ2) is 4.71. The van der Waals surface area contributed by atoms with E-state index >= 15 is 0 Å². The van der Waals surface area contributed by atoms with Crippen molar-refractivity contribution < 1.29 is 9.90 Å². The van der Waals surface area contributed by atoms with Crippen molar-refractivity contribution in [2.75, 3.05) is 0 Å². The summed E-state index contributed by atoms with van der Waals surface area (Å²) < 4.78 is 0. The molecule has 1 aromatic carbocycles. The van der Waals surface area contributed by atoms with Gasteiger partial charge in [-0.05, 0) is 30.5 Å². The second-order valence-electron chi connectivity index (χ2n) is 3.89. The average Bonchev–Trinajstić information content (AvgIpc) is 2.13. The molecule has 3 heteroatoms. The quantitative estimate of drug-likeness (QED) is 0.851. The van der Waals surface area contributed by atoms with Crippen molar-refractivity contribution in [1.29, 1.82) is 0 Å². The zero-order valence-corrected chi connectivity index (χ0v) is 9.30. The summed E-state index contributed by atoms with van der Waals surface area (Å²) in [6.45, 7) is 0. The first-order chi connectivity index (χ1) is 7.24.